The minimum absolute atomic E-state index is 0.0173. The number of pyridine rings is 1. The highest BCUT2D eigenvalue weighted by molar-refractivity contribution is 6.01. The summed E-state index contributed by atoms with van der Waals surface area (Å²) in [4.78, 5) is 18.8. The first-order valence-electron chi connectivity index (χ1n) is 18.8. The van der Waals surface area contributed by atoms with Crippen molar-refractivity contribution in [3.8, 4) is 23.0 Å². The van der Waals surface area contributed by atoms with E-state index in [9.17, 15) is 10.2 Å². The van der Waals surface area contributed by atoms with Gasteiger partial charge in [0.15, 0.2) is 5.82 Å². The summed E-state index contributed by atoms with van der Waals surface area (Å²) in [5.41, 5.74) is -0.149. The molecular weight excluding hydrogens is 636 g/mol. The second-order valence-electron chi connectivity index (χ2n) is 15.1. The molecule has 2 saturated heterocycles. The van der Waals surface area contributed by atoms with Gasteiger partial charge in [0.25, 0.3) is 0 Å². The minimum Gasteiger partial charge on any atom is -0.508 e. The molecule has 0 spiro atoms. The lowest BCUT2D eigenvalue weighted by Gasteiger charge is -2.46. The maximum atomic E-state index is 17.0. The Balaban J connectivity index is 0.00000193. The fraction of sp³-hybridized carbons (Fsp3) is 0.575. The van der Waals surface area contributed by atoms with Crippen LogP contribution in [0.2, 0.25) is 0 Å². The Labute approximate surface area is 293 Å². The van der Waals surface area contributed by atoms with Gasteiger partial charge < -0.3 is 19.8 Å². The zero-order valence-electron chi connectivity index (χ0n) is 29.9. The third-order valence-electron chi connectivity index (χ3n) is 11.5. The number of halogens is 2. The molecule has 8 rings (SSSR count). The van der Waals surface area contributed by atoms with Crippen molar-refractivity contribution in [2.24, 2.45) is 11.3 Å². The maximum absolute atomic E-state index is 17.0. The average Bonchev–Trinajstić information content (AvgIpc) is 3.82. The highest BCUT2D eigenvalue weighted by Crippen LogP contribution is 2.49. The van der Waals surface area contributed by atoms with Crippen LogP contribution in [0.4, 0.5) is 14.6 Å². The molecule has 2 N–H and O–H groups in total. The smallest absolute Gasteiger partial charge is 0.319 e. The Morgan fingerprint density at radius 1 is 1.00 bits per heavy atom. The van der Waals surface area contributed by atoms with E-state index < -0.39 is 17.2 Å². The number of fused-ring (bicyclic) bond motifs is 3. The number of aromatic nitrogens is 3. The standard InChI is InChI=1S/C38H45F2N5O3.C2H6/c1-3-26-29(39)11-10-24-17-25(46)18-27(31(24)26)33-32(40)34-28(19-41-33)35(45-16-5-12-37(2,47)21-45)43-36(42-34)48-22-38-13-4-7-30(38)44(15-6-14-38)20-23-8-9-23;1-2/h10-11,17-19,23,30,46-47H,3-9,12-16,20-22H2,1-2H3;1-2H3. The SMILES string of the molecule is CC.CCc1c(F)ccc2cc(O)cc(-c3ncc4c(N5CCCC(C)(O)C5)nc(OCC56CCCC5N(CC5CC5)CCC6)nc4c3F)c12. The monoisotopic (exact) mass is 687 g/mol. The first-order chi connectivity index (χ1) is 24.1. The van der Waals surface area contributed by atoms with Crippen LogP contribution in [0.25, 0.3) is 32.9 Å². The molecule has 50 heavy (non-hydrogen) atoms. The van der Waals surface area contributed by atoms with Crippen molar-refractivity contribution >= 4 is 27.5 Å². The molecule has 2 aliphatic carbocycles. The number of aliphatic hydroxyl groups is 1. The van der Waals surface area contributed by atoms with Crippen molar-refractivity contribution in [3.05, 3.63) is 47.7 Å². The number of aromatic hydroxyl groups is 1. The summed E-state index contributed by atoms with van der Waals surface area (Å²) in [6, 6.07) is 6.54. The third kappa shape index (κ3) is 6.49. The van der Waals surface area contributed by atoms with Crippen LogP contribution in [0.15, 0.2) is 30.5 Å². The summed E-state index contributed by atoms with van der Waals surface area (Å²) in [6.07, 6.45) is 11.7. The molecule has 3 unspecified atom stereocenters. The highest BCUT2D eigenvalue weighted by Gasteiger charge is 2.49. The van der Waals surface area contributed by atoms with Gasteiger partial charge in [-0.25, -0.2) is 8.78 Å². The number of nitrogens with zero attached hydrogens (tertiary/aromatic N) is 5. The summed E-state index contributed by atoms with van der Waals surface area (Å²) in [5, 5.41) is 23.2. The molecule has 2 aromatic carbocycles. The zero-order chi connectivity index (χ0) is 35.2. The summed E-state index contributed by atoms with van der Waals surface area (Å²) < 4.78 is 38.5. The van der Waals surface area contributed by atoms with Gasteiger partial charge in [0.2, 0.25) is 0 Å². The van der Waals surface area contributed by atoms with Crippen molar-refractivity contribution in [1.29, 1.82) is 0 Å². The summed E-state index contributed by atoms with van der Waals surface area (Å²) in [5.74, 6) is 0.166. The lowest BCUT2D eigenvalue weighted by Crippen LogP contribution is -2.52. The average molecular weight is 688 g/mol. The van der Waals surface area contributed by atoms with E-state index >= 15 is 8.78 Å². The molecule has 268 valence electrons. The zero-order valence-corrected chi connectivity index (χ0v) is 29.9. The summed E-state index contributed by atoms with van der Waals surface area (Å²) >= 11 is 0. The summed E-state index contributed by atoms with van der Waals surface area (Å²) in [6.45, 7) is 11.4. The number of rotatable bonds is 8. The second-order valence-corrected chi connectivity index (χ2v) is 15.1. The molecule has 0 amide bonds. The van der Waals surface area contributed by atoms with Crippen LogP contribution in [0.3, 0.4) is 0 Å². The third-order valence-corrected chi connectivity index (χ3v) is 11.5. The molecule has 4 fully saturated rings. The number of hydrogen-bond donors (Lipinski definition) is 2. The predicted octanol–water partition coefficient (Wildman–Crippen LogP) is 8.19. The number of phenols is 1. The van der Waals surface area contributed by atoms with Crippen LogP contribution in [-0.4, -0.2) is 74.5 Å². The van der Waals surface area contributed by atoms with Crippen molar-refractivity contribution < 1.29 is 23.7 Å². The Morgan fingerprint density at radius 2 is 1.78 bits per heavy atom. The molecule has 10 heteroatoms. The molecular formula is C40H51F2N5O3. The van der Waals surface area contributed by atoms with Crippen LogP contribution in [0.5, 0.6) is 11.8 Å². The number of β-amino-alcohol motifs (C(OH)–C–C–N with tert-alkyl or cyclic N) is 1. The quantitative estimate of drug-likeness (QED) is 0.192. The Morgan fingerprint density at radius 3 is 2.54 bits per heavy atom. The molecule has 2 aromatic heterocycles. The normalized spacial score (nSPS) is 25.4. The van der Waals surface area contributed by atoms with Gasteiger partial charge in [-0.05, 0) is 112 Å². The van der Waals surface area contributed by atoms with Gasteiger partial charge in [-0.3, -0.25) is 9.88 Å². The van der Waals surface area contributed by atoms with Crippen molar-refractivity contribution in [2.75, 3.05) is 37.7 Å². The van der Waals surface area contributed by atoms with Crippen molar-refractivity contribution in [3.63, 3.8) is 0 Å². The highest BCUT2D eigenvalue weighted by atomic mass is 19.1. The number of hydrogen-bond acceptors (Lipinski definition) is 8. The maximum Gasteiger partial charge on any atom is 0.319 e. The Hall–Kier alpha value is -3.63. The van der Waals surface area contributed by atoms with Gasteiger partial charge in [-0.1, -0.05) is 33.3 Å². The predicted molar refractivity (Wildman–Crippen MR) is 194 cm³/mol. The van der Waals surface area contributed by atoms with E-state index in [1.54, 1.807) is 18.3 Å². The van der Waals surface area contributed by atoms with Crippen molar-refractivity contribution in [1.82, 2.24) is 19.9 Å². The number of aryl methyl sites for hydroxylation is 1. The summed E-state index contributed by atoms with van der Waals surface area (Å²) in [7, 11) is 0. The number of anilines is 1. The van der Waals surface area contributed by atoms with Crippen LogP contribution in [-0.2, 0) is 6.42 Å². The minimum atomic E-state index is -0.924. The molecule has 2 saturated carbocycles. The largest absolute Gasteiger partial charge is 0.508 e. The lowest BCUT2D eigenvalue weighted by molar-refractivity contribution is -0.00244. The molecule has 2 aliphatic heterocycles. The van der Waals surface area contributed by atoms with Crippen LogP contribution < -0.4 is 9.64 Å². The van der Waals surface area contributed by atoms with E-state index in [1.807, 2.05) is 32.6 Å². The fourth-order valence-corrected chi connectivity index (χ4v) is 9.02. The van der Waals surface area contributed by atoms with E-state index in [-0.39, 0.29) is 28.4 Å². The van der Waals surface area contributed by atoms with Gasteiger partial charge in [-0.2, -0.15) is 9.97 Å². The van der Waals surface area contributed by atoms with E-state index in [0.717, 1.165) is 38.1 Å². The lowest BCUT2D eigenvalue weighted by atomic mass is 9.75. The number of piperidine rings is 2. The molecule has 4 aromatic rings. The van der Waals surface area contributed by atoms with E-state index in [4.69, 9.17) is 14.7 Å². The molecule has 0 radical (unpaired) electrons. The first-order valence-corrected chi connectivity index (χ1v) is 18.8. The van der Waals surface area contributed by atoms with Gasteiger partial charge in [-0.15, -0.1) is 0 Å². The van der Waals surface area contributed by atoms with E-state index in [1.165, 1.54) is 44.4 Å². The van der Waals surface area contributed by atoms with E-state index in [2.05, 4.69) is 9.88 Å². The van der Waals surface area contributed by atoms with Gasteiger partial charge in [0, 0.05) is 42.9 Å². The topological polar surface area (TPSA) is 94.8 Å². The van der Waals surface area contributed by atoms with Crippen LogP contribution >= 0.6 is 0 Å². The molecule has 4 aliphatic rings. The fourth-order valence-electron chi connectivity index (χ4n) is 9.02. The van der Waals surface area contributed by atoms with Crippen LogP contribution in [0, 0.1) is 23.0 Å². The molecule has 0 bridgehead atoms. The van der Waals surface area contributed by atoms with Gasteiger partial charge in [0.1, 0.15) is 28.6 Å². The number of likely N-dealkylation sites (tertiary alicyclic amines) is 1. The van der Waals surface area contributed by atoms with Crippen molar-refractivity contribution in [2.45, 2.75) is 104 Å². The molecule has 4 heterocycles. The van der Waals surface area contributed by atoms with Gasteiger partial charge >= 0.3 is 6.01 Å². The molecule has 8 nitrogen and oxygen atoms in total. The van der Waals surface area contributed by atoms with Crippen LogP contribution in [0.1, 0.15) is 91.0 Å². The number of phenolic OH excluding ortho intramolecular Hbond substituents is 1. The number of ether oxygens (including phenoxy) is 1. The second kappa shape index (κ2) is 13.8. The van der Waals surface area contributed by atoms with E-state index in [0.29, 0.717) is 71.7 Å². The molecule has 3 atom stereocenters. The first kappa shape index (κ1) is 34.8. The Bertz CT molecular complexity index is 1880. The Kier molecular flexibility index (Phi) is 9.62. The number of benzene rings is 2. The van der Waals surface area contributed by atoms with Gasteiger partial charge in [0.05, 0.1) is 17.6 Å².